The third kappa shape index (κ3) is 6.20. The molecule has 3 aromatic heterocycles. The minimum absolute atomic E-state index is 0.311. The molecule has 4 nitrogen and oxygen atoms in total. The lowest BCUT2D eigenvalue weighted by molar-refractivity contribution is 0.633. The van der Waals surface area contributed by atoms with Gasteiger partial charge < -0.3 is 18.6 Å². The average Bonchev–Trinajstić information content (AvgIpc) is 4.37. The van der Waals surface area contributed by atoms with E-state index in [9.17, 15) is 0 Å². The van der Waals surface area contributed by atoms with Gasteiger partial charge >= 0.3 is 0 Å². The lowest BCUT2D eigenvalue weighted by atomic mass is 9.73. The first kappa shape index (κ1) is 44.0. The molecule has 0 N–H and O–H groups in total. The standard InChI is InChI=1S/C75H50N4/c1-75(2)64-31-17-19-33-70(64)78(72-46-71-63(45-65(72)75)59-38-37-58-55-28-13-12-26-53(55)54-27-14-15-30-57(54)73(58)74(59)79(71)51-24-10-5-11-25-51)52-36-41-69-62(44-52)61-43-48(35-40-68(61)77(69)50-22-8-4-9-23-50)47-34-39-67-60(42-47)56-29-16-18-32-66(56)76(67)49-20-6-3-7-21-49/h3-46H,1-2H3. The Morgan fingerprint density at radius 1 is 0.253 bits per heavy atom. The fourth-order valence-corrected chi connectivity index (χ4v) is 14.0. The summed E-state index contributed by atoms with van der Waals surface area (Å²) in [5.74, 6) is 0. The van der Waals surface area contributed by atoms with Crippen molar-refractivity contribution in [3.63, 3.8) is 0 Å². The topological polar surface area (TPSA) is 18.0 Å². The van der Waals surface area contributed by atoms with Crippen LogP contribution in [0.25, 0.3) is 126 Å². The molecule has 0 spiro atoms. The number of hydrogen-bond acceptors (Lipinski definition) is 1. The molecule has 370 valence electrons. The molecular formula is C75H50N4. The maximum absolute atomic E-state index is 2.55. The summed E-state index contributed by atoms with van der Waals surface area (Å²) in [6.45, 7) is 4.82. The molecule has 13 aromatic carbocycles. The highest BCUT2D eigenvalue weighted by atomic mass is 15.2. The summed E-state index contributed by atoms with van der Waals surface area (Å²) in [6.07, 6.45) is 0. The number of hydrogen-bond donors (Lipinski definition) is 0. The molecule has 0 saturated carbocycles. The van der Waals surface area contributed by atoms with Crippen molar-refractivity contribution in [3.8, 4) is 28.2 Å². The smallest absolute Gasteiger partial charge is 0.0625 e. The fourth-order valence-electron chi connectivity index (χ4n) is 14.0. The first-order valence-electron chi connectivity index (χ1n) is 27.5. The maximum atomic E-state index is 2.55. The van der Waals surface area contributed by atoms with Crippen molar-refractivity contribution < 1.29 is 0 Å². The molecule has 16 aromatic rings. The molecule has 79 heavy (non-hydrogen) atoms. The van der Waals surface area contributed by atoms with Crippen molar-refractivity contribution in [2.45, 2.75) is 19.3 Å². The summed E-state index contributed by atoms with van der Waals surface area (Å²) in [4.78, 5) is 2.55. The van der Waals surface area contributed by atoms with Crippen LogP contribution in [0.5, 0.6) is 0 Å². The Morgan fingerprint density at radius 2 is 0.696 bits per heavy atom. The van der Waals surface area contributed by atoms with Gasteiger partial charge in [-0.25, -0.2) is 0 Å². The average molecular weight is 1010 g/mol. The summed E-state index contributed by atoms with van der Waals surface area (Å²) in [6, 6.07) is 99.4. The Bertz CT molecular complexity index is 5180. The lowest BCUT2D eigenvalue weighted by Gasteiger charge is -2.42. The first-order valence-corrected chi connectivity index (χ1v) is 27.5. The van der Waals surface area contributed by atoms with Crippen molar-refractivity contribution in [1.29, 1.82) is 0 Å². The summed E-state index contributed by atoms with van der Waals surface area (Å²) in [7, 11) is 0. The fraction of sp³-hybridized carbons (Fsp3) is 0.0400. The molecule has 4 heteroatoms. The molecule has 1 aliphatic heterocycles. The minimum Gasteiger partial charge on any atom is -0.310 e. The molecule has 0 amide bonds. The van der Waals surface area contributed by atoms with E-state index in [-0.39, 0.29) is 5.41 Å². The molecule has 0 atom stereocenters. The Hall–Kier alpha value is -10.2. The highest BCUT2D eigenvalue weighted by molar-refractivity contribution is 6.33. The quantitative estimate of drug-likeness (QED) is 0.157. The zero-order valence-corrected chi connectivity index (χ0v) is 43.7. The van der Waals surface area contributed by atoms with Crippen LogP contribution in [0.15, 0.2) is 267 Å². The summed E-state index contributed by atoms with van der Waals surface area (Å²) in [5, 5.41) is 15.0. The Morgan fingerprint density at radius 3 is 1.33 bits per heavy atom. The van der Waals surface area contributed by atoms with Gasteiger partial charge in [-0.15, -0.1) is 0 Å². The van der Waals surface area contributed by atoms with Gasteiger partial charge in [-0.2, -0.15) is 0 Å². The molecule has 0 saturated heterocycles. The zero-order valence-electron chi connectivity index (χ0n) is 43.7. The predicted molar refractivity (Wildman–Crippen MR) is 334 cm³/mol. The predicted octanol–water partition coefficient (Wildman–Crippen LogP) is 20.2. The molecule has 1 aliphatic rings. The Labute approximate surface area is 456 Å². The second kappa shape index (κ2) is 16.4. The van der Waals surface area contributed by atoms with Crippen molar-refractivity contribution >= 4 is 115 Å². The van der Waals surface area contributed by atoms with Crippen LogP contribution in [-0.2, 0) is 5.41 Å². The summed E-state index contributed by atoms with van der Waals surface area (Å²) >= 11 is 0. The van der Waals surface area contributed by atoms with Gasteiger partial charge in [0.1, 0.15) is 0 Å². The number of para-hydroxylation sites is 5. The van der Waals surface area contributed by atoms with E-state index in [1.165, 1.54) is 131 Å². The number of fused-ring (bicyclic) bond motifs is 18. The van der Waals surface area contributed by atoms with Crippen LogP contribution < -0.4 is 4.90 Å². The third-order valence-corrected chi connectivity index (χ3v) is 17.5. The Kier molecular flexibility index (Phi) is 9.15. The molecule has 17 rings (SSSR count). The van der Waals surface area contributed by atoms with Gasteiger partial charge in [-0.1, -0.05) is 178 Å². The summed E-state index contributed by atoms with van der Waals surface area (Å²) in [5.41, 5.74) is 18.8. The van der Waals surface area contributed by atoms with Crippen molar-refractivity contribution in [2.75, 3.05) is 4.90 Å². The SMILES string of the molecule is CC1(C)c2ccccc2N(c2ccc3c(c2)c2cc(-c4ccc5c(c4)c4ccccc4n5-c4ccccc4)ccc2n3-c2ccccc2)c2cc3c(cc21)c1ccc2c4ccccc4c4ccccc4c2c1n3-c1ccccc1. The second-order valence-corrected chi connectivity index (χ2v) is 22.0. The number of anilines is 3. The number of nitrogens with zero attached hydrogens (tertiary/aromatic N) is 4. The molecule has 0 aliphatic carbocycles. The van der Waals surface area contributed by atoms with Crippen LogP contribution in [0.4, 0.5) is 17.1 Å². The zero-order chi connectivity index (χ0) is 52.1. The molecule has 4 heterocycles. The van der Waals surface area contributed by atoms with Gasteiger partial charge in [-0.05, 0) is 152 Å². The number of rotatable bonds is 5. The van der Waals surface area contributed by atoms with Gasteiger partial charge in [0, 0.05) is 65.9 Å². The van der Waals surface area contributed by atoms with Gasteiger partial charge in [-0.3, -0.25) is 0 Å². The van der Waals surface area contributed by atoms with Gasteiger partial charge in [0.05, 0.1) is 44.5 Å². The summed E-state index contributed by atoms with van der Waals surface area (Å²) < 4.78 is 7.38. The van der Waals surface area contributed by atoms with Crippen LogP contribution in [0.1, 0.15) is 25.0 Å². The van der Waals surface area contributed by atoms with Gasteiger partial charge in [0.15, 0.2) is 0 Å². The van der Waals surface area contributed by atoms with Crippen molar-refractivity contribution in [3.05, 3.63) is 278 Å². The van der Waals surface area contributed by atoms with E-state index in [0.29, 0.717) is 0 Å². The van der Waals surface area contributed by atoms with E-state index in [1.54, 1.807) is 0 Å². The lowest BCUT2D eigenvalue weighted by Crippen LogP contribution is -2.30. The number of aromatic nitrogens is 3. The molecular weight excluding hydrogens is 957 g/mol. The van der Waals surface area contributed by atoms with E-state index in [4.69, 9.17) is 0 Å². The van der Waals surface area contributed by atoms with E-state index >= 15 is 0 Å². The van der Waals surface area contributed by atoms with Crippen molar-refractivity contribution in [1.82, 2.24) is 13.7 Å². The van der Waals surface area contributed by atoms with Crippen LogP contribution in [0.3, 0.4) is 0 Å². The van der Waals surface area contributed by atoms with Gasteiger partial charge in [0.2, 0.25) is 0 Å². The highest BCUT2D eigenvalue weighted by Crippen LogP contribution is 2.55. The van der Waals surface area contributed by atoms with Crippen LogP contribution in [-0.4, -0.2) is 13.7 Å². The molecule has 0 radical (unpaired) electrons. The normalized spacial score (nSPS) is 13.3. The van der Waals surface area contributed by atoms with Crippen molar-refractivity contribution in [2.24, 2.45) is 0 Å². The van der Waals surface area contributed by atoms with E-state index in [2.05, 4.69) is 299 Å². The highest BCUT2D eigenvalue weighted by Gasteiger charge is 2.38. The maximum Gasteiger partial charge on any atom is 0.0625 e. The van der Waals surface area contributed by atoms with Crippen LogP contribution >= 0.6 is 0 Å². The number of benzene rings is 13. The van der Waals surface area contributed by atoms with Crippen LogP contribution in [0, 0.1) is 0 Å². The first-order chi connectivity index (χ1) is 39.0. The molecule has 0 bridgehead atoms. The van der Waals surface area contributed by atoms with E-state index in [1.807, 2.05) is 0 Å². The molecule has 0 unspecified atom stereocenters. The minimum atomic E-state index is -0.311. The van der Waals surface area contributed by atoms with E-state index in [0.717, 1.165) is 22.7 Å². The Balaban J connectivity index is 0.923. The third-order valence-electron chi connectivity index (χ3n) is 17.5. The van der Waals surface area contributed by atoms with Crippen LogP contribution in [0.2, 0.25) is 0 Å². The monoisotopic (exact) mass is 1010 g/mol. The largest absolute Gasteiger partial charge is 0.310 e. The second-order valence-electron chi connectivity index (χ2n) is 22.0. The molecule has 0 fully saturated rings. The van der Waals surface area contributed by atoms with Gasteiger partial charge in [0.25, 0.3) is 0 Å². The van der Waals surface area contributed by atoms with E-state index < -0.39 is 0 Å².